The van der Waals surface area contributed by atoms with Gasteiger partial charge in [0.25, 0.3) is 0 Å². The molecule has 4 heterocycles. The highest BCUT2D eigenvalue weighted by Crippen LogP contribution is 2.32. The molecule has 2 fully saturated rings. The van der Waals surface area contributed by atoms with Crippen LogP contribution in [-0.2, 0) is 11.3 Å². The monoisotopic (exact) mass is 384 g/mol. The van der Waals surface area contributed by atoms with Crippen LogP contribution in [0, 0.1) is 0 Å². The number of amides is 1. The van der Waals surface area contributed by atoms with Crippen molar-refractivity contribution in [2.24, 2.45) is 0 Å². The molecular formula is C20H28N6O2. The molecule has 2 saturated heterocycles. The van der Waals surface area contributed by atoms with Crippen LogP contribution in [0.25, 0.3) is 11.5 Å². The van der Waals surface area contributed by atoms with Gasteiger partial charge in [-0.05, 0) is 38.9 Å². The lowest BCUT2D eigenvalue weighted by atomic mass is 9.86. The molecular weight excluding hydrogens is 356 g/mol. The Kier molecular flexibility index (Phi) is 5.41. The van der Waals surface area contributed by atoms with Gasteiger partial charge in [0.2, 0.25) is 17.7 Å². The van der Waals surface area contributed by atoms with Crippen molar-refractivity contribution in [3.05, 3.63) is 30.4 Å². The molecule has 1 amide bonds. The van der Waals surface area contributed by atoms with Gasteiger partial charge < -0.3 is 9.32 Å². The van der Waals surface area contributed by atoms with Crippen molar-refractivity contribution in [2.75, 3.05) is 39.8 Å². The zero-order chi connectivity index (χ0) is 19.6. The highest BCUT2D eigenvalue weighted by atomic mass is 16.4. The fraction of sp³-hybridized carbons (Fsp3) is 0.600. The second-order valence-electron chi connectivity index (χ2n) is 7.82. The van der Waals surface area contributed by atoms with E-state index in [1.807, 2.05) is 17.0 Å². The van der Waals surface area contributed by atoms with Gasteiger partial charge in [0.1, 0.15) is 0 Å². The quantitative estimate of drug-likeness (QED) is 0.793. The van der Waals surface area contributed by atoms with E-state index in [1.54, 1.807) is 12.4 Å². The molecule has 1 spiro atoms. The summed E-state index contributed by atoms with van der Waals surface area (Å²) in [6.45, 7) is 7.16. The van der Waals surface area contributed by atoms with Crippen LogP contribution in [0.3, 0.4) is 0 Å². The second kappa shape index (κ2) is 7.97. The topological polar surface area (TPSA) is 78.6 Å². The number of piperazine rings is 1. The predicted molar refractivity (Wildman–Crippen MR) is 104 cm³/mol. The molecule has 2 aliphatic rings. The van der Waals surface area contributed by atoms with Gasteiger partial charge >= 0.3 is 0 Å². The number of aromatic nitrogens is 3. The minimum absolute atomic E-state index is 0.0318. The Hall–Kier alpha value is -2.32. The third-order valence-electron chi connectivity index (χ3n) is 6.20. The molecule has 2 aromatic rings. The fourth-order valence-corrected chi connectivity index (χ4v) is 4.36. The first-order chi connectivity index (χ1) is 13.6. The van der Waals surface area contributed by atoms with Gasteiger partial charge in [-0.15, -0.1) is 10.2 Å². The van der Waals surface area contributed by atoms with E-state index < -0.39 is 0 Å². The zero-order valence-corrected chi connectivity index (χ0v) is 16.7. The van der Waals surface area contributed by atoms with Crippen LogP contribution in [0.2, 0.25) is 0 Å². The predicted octanol–water partition coefficient (Wildman–Crippen LogP) is 1.65. The Morgan fingerprint density at radius 2 is 2.11 bits per heavy atom. The summed E-state index contributed by atoms with van der Waals surface area (Å²) in [6.07, 6.45) is 5.98. The van der Waals surface area contributed by atoms with Gasteiger partial charge in [-0.25, -0.2) is 0 Å². The number of pyridine rings is 1. The lowest BCUT2D eigenvalue weighted by Gasteiger charge is -2.49. The molecule has 0 aromatic carbocycles. The summed E-state index contributed by atoms with van der Waals surface area (Å²) < 4.78 is 5.87. The van der Waals surface area contributed by atoms with Crippen LogP contribution in [0.1, 0.15) is 32.1 Å². The number of carbonyl (C=O) groups is 1. The summed E-state index contributed by atoms with van der Waals surface area (Å²) in [6, 6.07) is 3.77. The van der Waals surface area contributed by atoms with Crippen molar-refractivity contribution < 1.29 is 9.21 Å². The maximum absolute atomic E-state index is 12.3. The molecule has 1 atom stereocenters. The summed E-state index contributed by atoms with van der Waals surface area (Å²) in [7, 11) is 2.19. The Morgan fingerprint density at radius 1 is 1.21 bits per heavy atom. The minimum Gasteiger partial charge on any atom is -0.419 e. The first-order valence-electron chi connectivity index (χ1n) is 10.0. The molecule has 150 valence electrons. The first kappa shape index (κ1) is 19.0. The Bertz CT molecular complexity index is 810. The third-order valence-corrected chi connectivity index (χ3v) is 6.20. The largest absolute Gasteiger partial charge is 0.419 e. The summed E-state index contributed by atoms with van der Waals surface area (Å²) >= 11 is 0. The molecule has 28 heavy (non-hydrogen) atoms. The number of hydrogen-bond acceptors (Lipinski definition) is 7. The van der Waals surface area contributed by atoms with Gasteiger partial charge in [-0.1, -0.05) is 0 Å². The van der Waals surface area contributed by atoms with Crippen LogP contribution in [0.5, 0.6) is 0 Å². The Labute approximate surface area is 165 Å². The van der Waals surface area contributed by atoms with E-state index in [4.69, 9.17) is 4.42 Å². The normalized spacial score (nSPS) is 24.6. The second-order valence-corrected chi connectivity index (χ2v) is 7.82. The highest BCUT2D eigenvalue weighted by Gasteiger charge is 2.42. The number of carbonyl (C=O) groups excluding carboxylic acids is 1. The zero-order valence-electron chi connectivity index (χ0n) is 16.7. The van der Waals surface area contributed by atoms with Crippen LogP contribution < -0.4 is 0 Å². The number of likely N-dealkylation sites (tertiary alicyclic amines) is 1. The summed E-state index contributed by atoms with van der Waals surface area (Å²) in [5, 5.41) is 8.40. The molecule has 0 aliphatic carbocycles. The highest BCUT2D eigenvalue weighted by molar-refractivity contribution is 5.76. The molecule has 0 saturated carbocycles. The number of hydrogen-bond donors (Lipinski definition) is 0. The van der Waals surface area contributed by atoms with E-state index in [2.05, 4.69) is 39.0 Å². The van der Waals surface area contributed by atoms with E-state index in [1.165, 1.54) is 0 Å². The van der Waals surface area contributed by atoms with E-state index in [0.717, 1.165) is 51.1 Å². The van der Waals surface area contributed by atoms with Gasteiger partial charge in [0.15, 0.2) is 0 Å². The lowest BCUT2D eigenvalue weighted by Crippen LogP contribution is -2.60. The van der Waals surface area contributed by atoms with E-state index >= 15 is 0 Å². The molecule has 0 bridgehead atoms. The average molecular weight is 384 g/mol. The molecule has 4 rings (SSSR count). The molecule has 1 unspecified atom stereocenters. The molecule has 2 aromatic heterocycles. The van der Waals surface area contributed by atoms with Gasteiger partial charge in [0.05, 0.1) is 12.1 Å². The van der Waals surface area contributed by atoms with Gasteiger partial charge in [-0.2, -0.15) is 0 Å². The standard InChI is InChI=1S/C20H28N6O2/c1-3-26-10-8-20(7-6-18(26)27)15-25(12-11-24(20)2)14-17-22-23-19(28-17)16-5-4-9-21-13-16/h4-5,9,13H,3,6-8,10-12,14-15H2,1-2H3. The van der Waals surface area contributed by atoms with Crippen molar-refractivity contribution >= 4 is 5.91 Å². The first-order valence-corrected chi connectivity index (χ1v) is 10.0. The number of likely N-dealkylation sites (N-methyl/N-ethyl adjacent to an activating group) is 1. The maximum Gasteiger partial charge on any atom is 0.249 e. The molecule has 0 radical (unpaired) electrons. The lowest BCUT2D eigenvalue weighted by molar-refractivity contribution is -0.130. The number of nitrogens with zero attached hydrogens (tertiary/aromatic N) is 6. The van der Waals surface area contributed by atoms with Crippen molar-refractivity contribution in [1.82, 2.24) is 29.9 Å². The molecule has 0 N–H and O–H groups in total. The third kappa shape index (κ3) is 3.79. The maximum atomic E-state index is 12.3. The van der Waals surface area contributed by atoms with Gasteiger partial charge in [0, 0.05) is 57.1 Å². The Balaban J connectivity index is 1.45. The van der Waals surface area contributed by atoms with Crippen LogP contribution >= 0.6 is 0 Å². The summed E-state index contributed by atoms with van der Waals surface area (Å²) in [4.78, 5) is 23.3. The van der Waals surface area contributed by atoms with E-state index in [-0.39, 0.29) is 11.4 Å². The van der Waals surface area contributed by atoms with Crippen molar-refractivity contribution in [2.45, 2.75) is 38.3 Å². The SMILES string of the molecule is CCN1CCC2(CCC1=O)CN(Cc1nnc(-c3cccnc3)o1)CCN2C. The molecule has 2 aliphatic heterocycles. The Morgan fingerprint density at radius 3 is 2.89 bits per heavy atom. The van der Waals surface area contributed by atoms with Crippen LogP contribution in [0.15, 0.2) is 28.9 Å². The van der Waals surface area contributed by atoms with Crippen molar-refractivity contribution in [1.29, 1.82) is 0 Å². The minimum atomic E-state index is 0.0318. The number of rotatable bonds is 4. The average Bonchev–Trinajstić information content (AvgIpc) is 3.12. The van der Waals surface area contributed by atoms with Crippen LogP contribution in [0.4, 0.5) is 0 Å². The smallest absolute Gasteiger partial charge is 0.249 e. The van der Waals surface area contributed by atoms with E-state index in [9.17, 15) is 4.79 Å². The molecule has 8 nitrogen and oxygen atoms in total. The van der Waals surface area contributed by atoms with E-state index in [0.29, 0.717) is 24.7 Å². The molecule has 8 heteroatoms. The van der Waals surface area contributed by atoms with Crippen molar-refractivity contribution in [3.63, 3.8) is 0 Å². The van der Waals surface area contributed by atoms with Crippen LogP contribution in [-0.4, -0.2) is 81.1 Å². The summed E-state index contributed by atoms with van der Waals surface area (Å²) in [5.74, 6) is 1.41. The summed E-state index contributed by atoms with van der Waals surface area (Å²) in [5.41, 5.74) is 0.863. The van der Waals surface area contributed by atoms with Crippen molar-refractivity contribution in [3.8, 4) is 11.5 Å². The fourth-order valence-electron chi connectivity index (χ4n) is 4.36. The van der Waals surface area contributed by atoms with Gasteiger partial charge in [-0.3, -0.25) is 19.6 Å².